The number of nitrogens with zero attached hydrogens (tertiary/aromatic N) is 1. The van der Waals surface area contributed by atoms with Crippen LogP contribution in [-0.4, -0.2) is 24.6 Å². The Bertz CT molecular complexity index is 293. The first-order chi connectivity index (χ1) is 7.86. The van der Waals surface area contributed by atoms with Crippen LogP contribution in [0.2, 0.25) is 0 Å². The van der Waals surface area contributed by atoms with Crippen molar-refractivity contribution in [3.63, 3.8) is 0 Å². The molecule has 2 N–H and O–H groups in total. The van der Waals surface area contributed by atoms with Gasteiger partial charge in [-0.1, -0.05) is 6.07 Å². The Morgan fingerprint density at radius 3 is 3.25 bits per heavy atom. The largest absolute Gasteiger partial charge is 0.316 e. The highest BCUT2D eigenvalue weighted by Gasteiger charge is 2.14. The number of aromatic nitrogens is 1. The summed E-state index contributed by atoms with van der Waals surface area (Å²) in [7, 11) is 0. The fourth-order valence-electron chi connectivity index (χ4n) is 2.19. The standard InChI is InChI=1S/C13H21N3/c1-11(13-5-3-7-15-10-13)16-9-12-4-2-6-14-8-12/h3,5,7,10-12,14,16H,2,4,6,8-9H2,1H3. The third kappa shape index (κ3) is 3.29. The monoisotopic (exact) mass is 219 g/mol. The highest BCUT2D eigenvalue weighted by Crippen LogP contribution is 2.13. The van der Waals surface area contributed by atoms with Crippen molar-refractivity contribution in [1.82, 2.24) is 15.6 Å². The SMILES string of the molecule is CC(NCC1CCCNC1)c1cccnc1. The molecular weight excluding hydrogens is 198 g/mol. The third-order valence-corrected chi connectivity index (χ3v) is 3.30. The fraction of sp³-hybridized carbons (Fsp3) is 0.615. The molecule has 1 fully saturated rings. The molecule has 1 saturated heterocycles. The van der Waals surface area contributed by atoms with Crippen LogP contribution >= 0.6 is 0 Å². The summed E-state index contributed by atoms with van der Waals surface area (Å²) < 4.78 is 0. The average Bonchev–Trinajstić information content (AvgIpc) is 2.38. The van der Waals surface area contributed by atoms with Gasteiger partial charge in [0.1, 0.15) is 0 Å². The molecular formula is C13H21N3. The molecule has 1 aromatic heterocycles. The first kappa shape index (κ1) is 11.6. The van der Waals surface area contributed by atoms with Crippen molar-refractivity contribution in [2.24, 2.45) is 5.92 Å². The molecule has 3 nitrogen and oxygen atoms in total. The number of hydrogen-bond acceptors (Lipinski definition) is 3. The summed E-state index contributed by atoms with van der Waals surface area (Å²) in [6, 6.07) is 4.52. The maximum atomic E-state index is 4.15. The topological polar surface area (TPSA) is 37.0 Å². The Morgan fingerprint density at radius 1 is 1.62 bits per heavy atom. The molecule has 16 heavy (non-hydrogen) atoms. The predicted octanol–water partition coefficient (Wildman–Crippen LogP) is 1.73. The van der Waals surface area contributed by atoms with E-state index in [-0.39, 0.29) is 0 Å². The lowest BCUT2D eigenvalue weighted by atomic mass is 9.99. The highest BCUT2D eigenvalue weighted by molar-refractivity contribution is 5.12. The molecule has 0 aliphatic carbocycles. The summed E-state index contributed by atoms with van der Waals surface area (Å²) in [6.07, 6.45) is 6.42. The summed E-state index contributed by atoms with van der Waals surface area (Å²) in [6.45, 7) is 5.65. The lowest BCUT2D eigenvalue weighted by Crippen LogP contribution is -2.36. The first-order valence-electron chi connectivity index (χ1n) is 6.20. The maximum Gasteiger partial charge on any atom is 0.0315 e. The Morgan fingerprint density at radius 2 is 2.56 bits per heavy atom. The van der Waals surface area contributed by atoms with Crippen molar-refractivity contribution in [3.8, 4) is 0 Å². The van der Waals surface area contributed by atoms with Crippen molar-refractivity contribution < 1.29 is 0 Å². The summed E-state index contributed by atoms with van der Waals surface area (Å²) in [4.78, 5) is 4.15. The molecule has 0 amide bonds. The molecule has 0 bridgehead atoms. The van der Waals surface area contributed by atoms with Crippen LogP contribution in [0.25, 0.3) is 0 Å². The van der Waals surface area contributed by atoms with Gasteiger partial charge in [-0.2, -0.15) is 0 Å². The van der Waals surface area contributed by atoms with E-state index in [1.807, 2.05) is 18.5 Å². The predicted molar refractivity (Wildman–Crippen MR) is 66.2 cm³/mol. The molecule has 1 aliphatic heterocycles. The summed E-state index contributed by atoms with van der Waals surface area (Å²) in [5.74, 6) is 0.785. The van der Waals surface area contributed by atoms with Crippen LogP contribution in [0.3, 0.4) is 0 Å². The second-order valence-corrected chi connectivity index (χ2v) is 4.63. The number of piperidine rings is 1. The lowest BCUT2D eigenvalue weighted by molar-refractivity contribution is 0.348. The minimum absolute atomic E-state index is 0.399. The maximum absolute atomic E-state index is 4.15. The fourth-order valence-corrected chi connectivity index (χ4v) is 2.19. The van der Waals surface area contributed by atoms with Gasteiger partial charge in [-0.15, -0.1) is 0 Å². The first-order valence-corrected chi connectivity index (χ1v) is 6.20. The number of rotatable bonds is 4. The van der Waals surface area contributed by atoms with Gasteiger partial charge in [-0.25, -0.2) is 0 Å². The van der Waals surface area contributed by atoms with Crippen molar-refractivity contribution in [3.05, 3.63) is 30.1 Å². The van der Waals surface area contributed by atoms with Gasteiger partial charge in [-0.05, 0) is 56.9 Å². The van der Waals surface area contributed by atoms with Gasteiger partial charge >= 0.3 is 0 Å². The van der Waals surface area contributed by atoms with Crippen molar-refractivity contribution in [1.29, 1.82) is 0 Å². The van der Waals surface area contributed by atoms with Crippen LogP contribution in [-0.2, 0) is 0 Å². The molecule has 2 rings (SSSR count). The van der Waals surface area contributed by atoms with Gasteiger partial charge in [0.25, 0.3) is 0 Å². The van der Waals surface area contributed by atoms with E-state index in [2.05, 4.69) is 28.6 Å². The highest BCUT2D eigenvalue weighted by atomic mass is 14.9. The van der Waals surface area contributed by atoms with E-state index in [9.17, 15) is 0 Å². The van der Waals surface area contributed by atoms with Crippen LogP contribution in [0.5, 0.6) is 0 Å². The van der Waals surface area contributed by atoms with E-state index in [1.54, 1.807) is 0 Å². The zero-order valence-electron chi connectivity index (χ0n) is 9.95. The van der Waals surface area contributed by atoms with Crippen molar-refractivity contribution in [2.75, 3.05) is 19.6 Å². The average molecular weight is 219 g/mol. The minimum Gasteiger partial charge on any atom is -0.316 e. The second-order valence-electron chi connectivity index (χ2n) is 4.63. The van der Waals surface area contributed by atoms with Crippen molar-refractivity contribution in [2.45, 2.75) is 25.8 Å². The molecule has 0 spiro atoms. The van der Waals surface area contributed by atoms with E-state index < -0.39 is 0 Å². The molecule has 0 aromatic carbocycles. The quantitative estimate of drug-likeness (QED) is 0.810. The van der Waals surface area contributed by atoms with Crippen LogP contribution in [0.4, 0.5) is 0 Å². The molecule has 88 valence electrons. The second kappa shape index (κ2) is 5.97. The smallest absolute Gasteiger partial charge is 0.0315 e. The van der Waals surface area contributed by atoms with Crippen LogP contribution in [0.15, 0.2) is 24.5 Å². The Labute approximate surface area is 97.7 Å². The van der Waals surface area contributed by atoms with Gasteiger partial charge in [-0.3, -0.25) is 4.98 Å². The summed E-state index contributed by atoms with van der Waals surface area (Å²) in [5, 5.41) is 7.03. The van der Waals surface area contributed by atoms with E-state index in [1.165, 1.54) is 24.9 Å². The third-order valence-electron chi connectivity index (χ3n) is 3.30. The summed E-state index contributed by atoms with van der Waals surface area (Å²) in [5.41, 5.74) is 1.27. The normalized spacial score (nSPS) is 22.9. The Hall–Kier alpha value is -0.930. The van der Waals surface area contributed by atoms with Gasteiger partial charge in [0.2, 0.25) is 0 Å². The molecule has 0 radical (unpaired) electrons. The molecule has 0 saturated carbocycles. The molecule has 2 unspecified atom stereocenters. The minimum atomic E-state index is 0.399. The molecule has 1 aliphatic rings. The zero-order valence-corrected chi connectivity index (χ0v) is 9.95. The van der Waals surface area contributed by atoms with Crippen LogP contribution in [0.1, 0.15) is 31.4 Å². The van der Waals surface area contributed by atoms with Gasteiger partial charge in [0.15, 0.2) is 0 Å². The van der Waals surface area contributed by atoms with E-state index in [0.717, 1.165) is 19.0 Å². The Balaban J connectivity index is 1.77. The van der Waals surface area contributed by atoms with Crippen LogP contribution < -0.4 is 10.6 Å². The van der Waals surface area contributed by atoms with E-state index in [4.69, 9.17) is 0 Å². The Kier molecular flexibility index (Phi) is 4.31. The number of pyridine rings is 1. The van der Waals surface area contributed by atoms with E-state index >= 15 is 0 Å². The zero-order chi connectivity index (χ0) is 11.2. The molecule has 2 heterocycles. The summed E-state index contributed by atoms with van der Waals surface area (Å²) >= 11 is 0. The van der Waals surface area contributed by atoms with Crippen molar-refractivity contribution >= 4 is 0 Å². The number of hydrogen-bond donors (Lipinski definition) is 2. The molecule has 3 heteroatoms. The molecule has 1 aromatic rings. The van der Waals surface area contributed by atoms with Gasteiger partial charge in [0.05, 0.1) is 0 Å². The van der Waals surface area contributed by atoms with E-state index in [0.29, 0.717) is 6.04 Å². The molecule has 2 atom stereocenters. The van der Waals surface area contributed by atoms with Gasteiger partial charge < -0.3 is 10.6 Å². The van der Waals surface area contributed by atoms with Crippen LogP contribution in [0, 0.1) is 5.92 Å². The van der Waals surface area contributed by atoms with Gasteiger partial charge in [0, 0.05) is 18.4 Å². The lowest BCUT2D eigenvalue weighted by Gasteiger charge is -2.25. The number of nitrogens with one attached hydrogen (secondary N) is 2.